The van der Waals surface area contributed by atoms with Gasteiger partial charge in [-0.15, -0.1) is 0 Å². The summed E-state index contributed by atoms with van der Waals surface area (Å²) in [7, 11) is -0.886. The van der Waals surface area contributed by atoms with Crippen LogP contribution >= 0.6 is 10.2 Å². The highest BCUT2D eigenvalue weighted by atomic mass is 32.3. The molecule has 1 nitrogen and oxygen atoms in total. The number of nitrogens with zero attached hydrogens (tertiary/aromatic N) is 1. The van der Waals surface area contributed by atoms with E-state index in [0.717, 1.165) is 6.42 Å². The van der Waals surface area contributed by atoms with E-state index in [1.165, 1.54) is 38.9 Å². The predicted molar refractivity (Wildman–Crippen MR) is 110 cm³/mol. The number of rotatable bonds is 1. The van der Waals surface area contributed by atoms with E-state index in [1.54, 1.807) is 0 Å². The van der Waals surface area contributed by atoms with Crippen LogP contribution in [-0.2, 0) is 11.8 Å². The molecule has 1 aliphatic rings. The van der Waals surface area contributed by atoms with Crippen LogP contribution in [0, 0.1) is 0 Å². The van der Waals surface area contributed by atoms with Gasteiger partial charge in [0.2, 0.25) is 0 Å². The summed E-state index contributed by atoms with van der Waals surface area (Å²) in [6.07, 6.45) is 8.25. The second-order valence-electron chi connectivity index (χ2n) is 8.71. The zero-order valence-electron chi connectivity index (χ0n) is 15.6. The van der Waals surface area contributed by atoms with Crippen molar-refractivity contribution < 1.29 is 0 Å². The first-order chi connectivity index (χ1) is 11.2. The van der Waals surface area contributed by atoms with Crippen molar-refractivity contribution in [1.29, 1.82) is 0 Å². The lowest BCUT2D eigenvalue weighted by molar-refractivity contribution is 0.591. The first kappa shape index (κ1) is 15.8. The molecule has 126 valence electrons. The lowest BCUT2D eigenvalue weighted by Gasteiger charge is -2.31. The Morgan fingerprint density at radius 3 is 2.33 bits per heavy atom. The molecule has 0 N–H and O–H groups in total. The lowest BCUT2D eigenvalue weighted by atomic mass is 9.86. The van der Waals surface area contributed by atoms with Crippen LogP contribution in [-0.4, -0.2) is 22.7 Å². The molecule has 0 spiro atoms. The summed E-state index contributed by atoms with van der Waals surface area (Å²) in [5.41, 5.74) is 8.92. The average Bonchev–Trinajstić information content (AvgIpc) is 2.99. The van der Waals surface area contributed by atoms with Crippen molar-refractivity contribution in [2.75, 3.05) is 18.8 Å². The van der Waals surface area contributed by atoms with Crippen molar-refractivity contribution in [1.82, 2.24) is 3.97 Å². The van der Waals surface area contributed by atoms with Crippen molar-refractivity contribution in [2.45, 2.75) is 32.6 Å². The van der Waals surface area contributed by atoms with Gasteiger partial charge in [0.15, 0.2) is 0 Å². The maximum absolute atomic E-state index is 2.63. The number of fused-ring (bicyclic) bond motifs is 5. The van der Waals surface area contributed by atoms with Gasteiger partial charge < -0.3 is 3.97 Å². The Morgan fingerprint density at radius 1 is 0.958 bits per heavy atom. The molecule has 0 fully saturated rings. The van der Waals surface area contributed by atoms with Gasteiger partial charge in [-0.25, -0.2) is 0 Å². The highest BCUT2D eigenvalue weighted by molar-refractivity contribution is 8.31. The fraction of sp³-hybridized carbons (Fsp3) is 0.364. The quantitative estimate of drug-likeness (QED) is 0.403. The van der Waals surface area contributed by atoms with Crippen molar-refractivity contribution in [3.8, 4) is 11.3 Å². The summed E-state index contributed by atoms with van der Waals surface area (Å²) in [5, 5.41) is 1.45. The molecule has 1 aliphatic carbocycles. The Morgan fingerprint density at radius 2 is 1.67 bits per heavy atom. The van der Waals surface area contributed by atoms with E-state index in [2.05, 4.69) is 86.0 Å². The summed E-state index contributed by atoms with van der Waals surface area (Å²) in [6.45, 7) is 6.90. The summed E-state index contributed by atoms with van der Waals surface area (Å²) < 4.78 is 2.63. The van der Waals surface area contributed by atoms with Crippen molar-refractivity contribution in [2.24, 2.45) is 0 Å². The summed E-state index contributed by atoms with van der Waals surface area (Å²) in [4.78, 5) is 0. The average molecular weight is 338 g/mol. The van der Waals surface area contributed by atoms with Crippen LogP contribution in [0.5, 0.6) is 0 Å². The van der Waals surface area contributed by atoms with Crippen LogP contribution in [0.2, 0.25) is 0 Å². The van der Waals surface area contributed by atoms with Crippen molar-refractivity contribution >= 4 is 21.1 Å². The van der Waals surface area contributed by atoms with E-state index in [-0.39, 0.29) is 5.41 Å². The number of hydrogen-bond acceptors (Lipinski definition) is 0. The molecule has 1 aromatic heterocycles. The highest BCUT2D eigenvalue weighted by Gasteiger charge is 2.30. The third-order valence-electron chi connectivity index (χ3n) is 5.08. The van der Waals surface area contributed by atoms with Gasteiger partial charge >= 0.3 is 0 Å². The smallest absolute Gasteiger partial charge is 0.0625 e. The molecule has 0 amide bonds. The normalized spacial score (nSPS) is 14.8. The first-order valence-corrected chi connectivity index (χ1v) is 11.4. The zero-order valence-corrected chi connectivity index (χ0v) is 16.4. The Balaban J connectivity index is 2.11. The minimum Gasteiger partial charge on any atom is -0.302 e. The van der Waals surface area contributed by atoms with E-state index in [1.807, 2.05) is 0 Å². The third-order valence-corrected chi connectivity index (χ3v) is 6.56. The zero-order chi connectivity index (χ0) is 17.3. The molecule has 2 heteroatoms. The number of aromatic nitrogens is 1. The summed E-state index contributed by atoms with van der Waals surface area (Å²) in [6, 6.07) is 16.1. The van der Waals surface area contributed by atoms with Gasteiger partial charge in [0, 0.05) is 17.4 Å². The van der Waals surface area contributed by atoms with Gasteiger partial charge in [-0.2, -0.15) is 10.2 Å². The standard InChI is InChI=1S/C22H27NS/c1-22(2,3)16-11-12-20-18(14-16)19-13-15-9-7-8-10-17(15)21(19)23(20)24(4,5)6/h7-12,14H,13H2,1-6H3. The molecule has 1 heterocycles. The van der Waals surface area contributed by atoms with Crippen LogP contribution in [0.4, 0.5) is 0 Å². The van der Waals surface area contributed by atoms with Gasteiger partial charge in [-0.05, 0) is 53.0 Å². The highest BCUT2D eigenvalue weighted by Crippen LogP contribution is 2.52. The minimum absolute atomic E-state index is 0.184. The Hall–Kier alpha value is -1.67. The predicted octanol–water partition coefficient (Wildman–Crippen LogP) is 5.97. The van der Waals surface area contributed by atoms with E-state index in [0.29, 0.717) is 0 Å². The van der Waals surface area contributed by atoms with Gasteiger partial charge in [0.1, 0.15) is 0 Å². The van der Waals surface area contributed by atoms with E-state index in [9.17, 15) is 0 Å². The molecule has 24 heavy (non-hydrogen) atoms. The topological polar surface area (TPSA) is 4.93 Å². The Kier molecular flexibility index (Phi) is 3.25. The largest absolute Gasteiger partial charge is 0.302 e. The molecule has 0 saturated heterocycles. The monoisotopic (exact) mass is 337 g/mol. The van der Waals surface area contributed by atoms with Crippen LogP contribution in [0.25, 0.3) is 22.2 Å². The molecule has 3 aromatic rings. The molecule has 0 unspecified atom stereocenters. The molecular weight excluding hydrogens is 310 g/mol. The minimum atomic E-state index is -0.886. The molecule has 0 saturated carbocycles. The van der Waals surface area contributed by atoms with Crippen LogP contribution in [0.3, 0.4) is 0 Å². The molecule has 0 aliphatic heterocycles. The maximum Gasteiger partial charge on any atom is 0.0625 e. The van der Waals surface area contributed by atoms with E-state index in [4.69, 9.17) is 0 Å². The molecule has 0 radical (unpaired) electrons. The molecule has 0 bridgehead atoms. The van der Waals surface area contributed by atoms with Gasteiger partial charge in [-0.3, -0.25) is 0 Å². The first-order valence-electron chi connectivity index (χ1n) is 8.63. The van der Waals surface area contributed by atoms with Crippen LogP contribution in [0.1, 0.15) is 37.5 Å². The number of hydrogen-bond donors (Lipinski definition) is 0. The summed E-state index contributed by atoms with van der Waals surface area (Å²) >= 11 is 0. The van der Waals surface area contributed by atoms with Gasteiger partial charge in [0.05, 0.1) is 11.2 Å². The maximum atomic E-state index is 2.63. The third kappa shape index (κ3) is 2.23. The van der Waals surface area contributed by atoms with Crippen molar-refractivity contribution in [3.63, 3.8) is 0 Å². The van der Waals surface area contributed by atoms with Gasteiger partial charge in [-0.1, -0.05) is 51.1 Å². The fourth-order valence-electron chi connectivity index (χ4n) is 3.91. The fourth-order valence-corrected chi connectivity index (χ4v) is 5.41. The Labute approximate surface area is 147 Å². The van der Waals surface area contributed by atoms with Gasteiger partial charge in [0.25, 0.3) is 0 Å². The second-order valence-corrected chi connectivity index (χ2v) is 12.6. The molecule has 0 atom stereocenters. The SMILES string of the molecule is CC(C)(C)c1ccc2c(c1)c1c(n2S(C)(C)C)-c2ccccc2C1. The lowest BCUT2D eigenvalue weighted by Crippen LogP contribution is -2.11. The van der Waals surface area contributed by atoms with E-state index >= 15 is 0 Å². The second kappa shape index (κ2) is 4.92. The molecular formula is C22H27NS. The Bertz CT molecular complexity index is 948. The van der Waals surface area contributed by atoms with Crippen LogP contribution in [0.15, 0.2) is 42.5 Å². The van der Waals surface area contributed by atoms with E-state index < -0.39 is 10.2 Å². The van der Waals surface area contributed by atoms with Crippen molar-refractivity contribution in [3.05, 3.63) is 59.2 Å². The number of benzene rings is 2. The molecule has 4 rings (SSSR count). The molecule has 2 aromatic carbocycles. The summed E-state index contributed by atoms with van der Waals surface area (Å²) in [5.74, 6) is 0. The van der Waals surface area contributed by atoms with Crippen LogP contribution < -0.4 is 0 Å².